The van der Waals surface area contributed by atoms with Gasteiger partial charge in [-0.05, 0) is 89.3 Å². The van der Waals surface area contributed by atoms with E-state index in [4.69, 9.17) is 35.1 Å². The summed E-state index contributed by atoms with van der Waals surface area (Å²) in [5, 5.41) is 7.37. The summed E-state index contributed by atoms with van der Waals surface area (Å²) < 4.78 is 25.4. The number of nitrogen functional groups attached to an aromatic ring is 1. The number of aromatic amines is 1. The van der Waals surface area contributed by atoms with Crippen LogP contribution in [0.2, 0.25) is 0 Å². The maximum atomic E-state index is 11.9. The van der Waals surface area contributed by atoms with E-state index >= 15 is 0 Å². The number of Topliss-reactive ketones (excluding diaryl/α,β-unsaturated/α-hetero) is 2. The fourth-order valence-electron chi connectivity index (χ4n) is 5.95. The van der Waals surface area contributed by atoms with Crippen molar-refractivity contribution < 1.29 is 42.9 Å². The number of ketones is 2. The van der Waals surface area contributed by atoms with E-state index in [1.165, 1.54) is 14.2 Å². The summed E-state index contributed by atoms with van der Waals surface area (Å²) in [4.78, 5) is 52.9. The van der Waals surface area contributed by atoms with Crippen LogP contribution < -0.4 is 5.73 Å². The molecule has 3 aromatic rings. The predicted octanol–water partition coefficient (Wildman–Crippen LogP) is 6.57. The Morgan fingerprint density at radius 1 is 0.764 bits per heavy atom. The van der Waals surface area contributed by atoms with Gasteiger partial charge in [0, 0.05) is 24.0 Å². The summed E-state index contributed by atoms with van der Waals surface area (Å²) in [6, 6.07) is 7.26. The maximum Gasteiger partial charge on any atom is 0.338 e. The van der Waals surface area contributed by atoms with Crippen LogP contribution in [-0.2, 0) is 46.3 Å². The highest BCUT2D eigenvalue weighted by Crippen LogP contribution is 2.28. The molecule has 15 heteroatoms. The number of fused-ring (bicyclic) bond motifs is 1. The molecule has 2 saturated heterocycles. The zero-order valence-corrected chi connectivity index (χ0v) is 36.1. The van der Waals surface area contributed by atoms with E-state index in [9.17, 15) is 19.2 Å². The van der Waals surface area contributed by atoms with Crippen LogP contribution in [0.5, 0.6) is 0 Å². The lowest BCUT2D eigenvalue weighted by Crippen LogP contribution is -2.32. The van der Waals surface area contributed by atoms with E-state index < -0.39 is 5.97 Å². The van der Waals surface area contributed by atoms with E-state index in [0.717, 1.165) is 57.9 Å². The molecular weight excluding hydrogens is 840 g/mol. The molecule has 5 atom stereocenters. The second-order valence-corrected chi connectivity index (χ2v) is 16.0. The van der Waals surface area contributed by atoms with Gasteiger partial charge in [-0.25, -0.2) is 14.6 Å². The van der Waals surface area contributed by atoms with Crippen molar-refractivity contribution >= 4 is 61.2 Å². The minimum absolute atomic E-state index is 0.0289. The highest BCUT2D eigenvalue weighted by Gasteiger charge is 2.25. The summed E-state index contributed by atoms with van der Waals surface area (Å²) in [6.45, 7) is 14.9. The van der Waals surface area contributed by atoms with E-state index in [1.807, 2.05) is 66.7 Å². The first kappa shape index (κ1) is 45.6. The van der Waals surface area contributed by atoms with E-state index in [-0.39, 0.29) is 57.9 Å². The molecule has 0 aliphatic carbocycles. The molecule has 1 aromatic heterocycles. The largest absolute Gasteiger partial charge is 0.465 e. The van der Waals surface area contributed by atoms with Crippen LogP contribution in [0.1, 0.15) is 93.5 Å². The van der Waals surface area contributed by atoms with Crippen molar-refractivity contribution in [2.75, 3.05) is 27.4 Å². The van der Waals surface area contributed by atoms with Gasteiger partial charge in [0.15, 0.2) is 11.6 Å². The molecule has 4 N–H and O–H groups in total. The number of nitrogens with one attached hydrogen (secondary N) is 2. The van der Waals surface area contributed by atoms with Gasteiger partial charge in [0.1, 0.15) is 18.3 Å². The number of hydrogen-bond donors (Lipinski definition) is 3. The number of esters is 2. The minimum Gasteiger partial charge on any atom is -0.465 e. The van der Waals surface area contributed by atoms with Crippen LogP contribution in [-0.4, -0.2) is 94.7 Å². The summed E-state index contributed by atoms with van der Waals surface area (Å²) >= 11 is 6.47. The number of amidine groups is 1. The van der Waals surface area contributed by atoms with Gasteiger partial charge in [-0.3, -0.25) is 15.0 Å². The standard InChI is InChI=1S/C17H20N2O3.C11H14N2O2.2C6H9BrO2/c1-9-5-10(2)13(17(20)21-4)7-12(9)16-18-14-6-11(3)22-8-15(14)19-16;1-6-4-7(2)9(11(14)15-3)5-8(6)10(12)13;1-4-2-6(8)5(7)3-9-4;1-4-2-5(7)6(8)3-9-4/h5,7,11H,6,8H2,1-4H3,(H,18,19);4-5H,1-3H3,(H3,12,13);2*4-5H,2-3H2,1H3. The quantitative estimate of drug-likeness (QED) is 0.111. The number of rotatable bonds is 4. The number of alkyl halides is 2. The van der Waals surface area contributed by atoms with Crippen LogP contribution in [0.4, 0.5) is 0 Å². The lowest BCUT2D eigenvalue weighted by molar-refractivity contribution is -0.129. The lowest BCUT2D eigenvalue weighted by atomic mass is 9.99. The number of benzene rings is 2. The number of ether oxygens (including phenoxy) is 5. The average Bonchev–Trinajstić information content (AvgIpc) is 3.54. The molecule has 3 aliphatic heterocycles. The van der Waals surface area contributed by atoms with Gasteiger partial charge in [-0.15, -0.1) is 0 Å². The normalized spacial score (nSPS) is 21.6. The summed E-state index contributed by atoms with van der Waals surface area (Å²) in [6.07, 6.45) is 2.70. The number of H-pyrrole nitrogens is 1. The third-order valence-electron chi connectivity index (χ3n) is 9.12. The molecule has 0 radical (unpaired) electrons. The van der Waals surface area contributed by atoms with Gasteiger partial charge < -0.3 is 34.4 Å². The molecule has 0 spiro atoms. The van der Waals surface area contributed by atoms with Gasteiger partial charge in [-0.1, -0.05) is 44.0 Å². The van der Waals surface area contributed by atoms with Crippen molar-refractivity contribution in [1.29, 1.82) is 5.41 Å². The van der Waals surface area contributed by atoms with Gasteiger partial charge in [0.05, 0.1) is 77.9 Å². The van der Waals surface area contributed by atoms with E-state index in [0.29, 0.717) is 36.3 Å². The molecule has 0 amide bonds. The Morgan fingerprint density at radius 3 is 1.84 bits per heavy atom. The second-order valence-electron chi connectivity index (χ2n) is 13.8. The number of hydrogen-bond acceptors (Lipinski definition) is 11. The van der Waals surface area contributed by atoms with Gasteiger partial charge in [0.2, 0.25) is 0 Å². The van der Waals surface area contributed by atoms with Crippen LogP contribution in [0.25, 0.3) is 11.4 Å². The molecule has 2 fully saturated rings. The summed E-state index contributed by atoms with van der Waals surface area (Å²) in [5.41, 5.74) is 13.7. The fourth-order valence-corrected chi connectivity index (χ4v) is 6.94. The highest BCUT2D eigenvalue weighted by atomic mass is 79.9. The first-order valence-corrected chi connectivity index (χ1v) is 19.7. The number of aryl methyl sites for hydroxylation is 4. The lowest BCUT2D eigenvalue weighted by Gasteiger charge is -2.21. The zero-order chi connectivity index (χ0) is 41.1. The molecule has 0 saturated carbocycles. The molecule has 5 unspecified atom stereocenters. The van der Waals surface area contributed by atoms with Crippen LogP contribution in [0.3, 0.4) is 0 Å². The fraction of sp³-hybridized carbons (Fsp3) is 0.500. The minimum atomic E-state index is -0.407. The molecule has 0 bridgehead atoms. The van der Waals surface area contributed by atoms with Crippen molar-refractivity contribution in [2.45, 2.75) is 102 Å². The van der Waals surface area contributed by atoms with E-state index in [1.54, 1.807) is 6.07 Å². The van der Waals surface area contributed by atoms with Crippen molar-refractivity contribution in [3.05, 3.63) is 74.6 Å². The Labute approximate surface area is 339 Å². The van der Waals surface area contributed by atoms with Gasteiger partial charge in [0.25, 0.3) is 0 Å². The number of nitrogens with two attached hydrogens (primary N) is 1. The number of aromatic nitrogens is 2. The van der Waals surface area contributed by atoms with Crippen molar-refractivity contribution in [2.24, 2.45) is 5.73 Å². The monoisotopic (exact) mass is 890 g/mol. The zero-order valence-electron chi connectivity index (χ0n) is 32.9. The predicted molar refractivity (Wildman–Crippen MR) is 217 cm³/mol. The van der Waals surface area contributed by atoms with Crippen LogP contribution in [0.15, 0.2) is 24.3 Å². The number of carbonyl (C=O) groups excluding carboxylic acids is 4. The number of nitrogens with zero attached hydrogens (tertiary/aromatic N) is 1. The Bertz CT molecular complexity index is 1880. The Kier molecular flexibility index (Phi) is 17.4. The van der Waals surface area contributed by atoms with Gasteiger partial charge in [-0.2, -0.15) is 0 Å². The van der Waals surface area contributed by atoms with Crippen molar-refractivity contribution in [3.63, 3.8) is 0 Å². The highest BCUT2D eigenvalue weighted by molar-refractivity contribution is 9.10. The first-order valence-electron chi connectivity index (χ1n) is 17.9. The molecular formula is C40H52Br2N4O9. The molecule has 55 heavy (non-hydrogen) atoms. The maximum absolute atomic E-state index is 11.9. The second kappa shape index (κ2) is 21.0. The Hall–Kier alpha value is -3.76. The SMILES string of the molecule is CC1CC(=O)C(Br)CO1.CC1CC(Br)C(=O)CO1.COC(=O)c1cc(-c2nc3c([nH]2)COC(C)C3)c(C)cc1C.COC(=O)c1cc(C(=N)N)c(C)cc1C. The van der Waals surface area contributed by atoms with Gasteiger partial charge >= 0.3 is 11.9 Å². The molecule has 4 heterocycles. The molecule has 6 rings (SSSR count). The molecule has 3 aliphatic rings. The van der Waals surface area contributed by atoms with Crippen LogP contribution in [0, 0.1) is 33.1 Å². The third-order valence-corrected chi connectivity index (χ3v) is 10.8. The summed E-state index contributed by atoms with van der Waals surface area (Å²) in [7, 11) is 2.72. The van der Waals surface area contributed by atoms with Crippen LogP contribution >= 0.6 is 31.9 Å². The Balaban J connectivity index is 0.000000213. The van der Waals surface area contributed by atoms with E-state index in [2.05, 4.69) is 41.6 Å². The third kappa shape index (κ3) is 12.9. The smallest absolute Gasteiger partial charge is 0.338 e. The Morgan fingerprint density at radius 2 is 1.31 bits per heavy atom. The van der Waals surface area contributed by atoms with Crippen molar-refractivity contribution in [1.82, 2.24) is 9.97 Å². The number of halogens is 2. The average molecular weight is 893 g/mol. The number of carbonyl (C=O) groups is 4. The topological polar surface area (TPSA) is 193 Å². The summed E-state index contributed by atoms with van der Waals surface area (Å²) in [5.74, 6) is 0.423. The molecule has 2 aromatic carbocycles. The number of imidazole rings is 1. The molecule has 300 valence electrons. The molecule has 13 nitrogen and oxygen atoms in total. The van der Waals surface area contributed by atoms with Crippen molar-refractivity contribution in [3.8, 4) is 11.4 Å². The first-order chi connectivity index (χ1) is 25.9. The number of methoxy groups -OCH3 is 2.